The summed E-state index contributed by atoms with van der Waals surface area (Å²) in [6, 6.07) is 0. The number of hydrogen-bond acceptors (Lipinski definition) is 4. The van der Waals surface area contributed by atoms with E-state index >= 15 is 0 Å². The van der Waals surface area contributed by atoms with E-state index in [1.54, 1.807) is 38.9 Å². The summed E-state index contributed by atoms with van der Waals surface area (Å²) in [7, 11) is 3.56. The van der Waals surface area contributed by atoms with Crippen LogP contribution in [-0.2, 0) is 14.1 Å². The first kappa shape index (κ1) is 11.3. The quantitative estimate of drug-likeness (QED) is 0.586. The third-order valence-corrected chi connectivity index (χ3v) is 1.07. The van der Waals surface area contributed by atoms with E-state index in [0.29, 0.717) is 0 Å². The Morgan fingerprint density at radius 1 is 0.692 bits per heavy atom. The summed E-state index contributed by atoms with van der Waals surface area (Å²) in [5.74, 6) is 0. The lowest BCUT2D eigenvalue weighted by atomic mass is 11.0. The maximum atomic E-state index is 3.72. The Kier molecular flexibility index (Phi) is 5.09. The molecule has 6 nitrogen and oxygen atoms in total. The maximum absolute atomic E-state index is 3.72. The molecule has 0 saturated heterocycles. The second kappa shape index (κ2) is 5.87. The average Bonchev–Trinajstić information content (AvgIpc) is 2.63. The van der Waals surface area contributed by atoms with Gasteiger partial charge in [-0.1, -0.05) is 7.43 Å². The van der Waals surface area contributed by atoms with Gasteiger partial charge in [0.25, 0.3) is 0 Å². The number of rotatable bonds is 0. The summed E-state index contributed by atoms with van der Waals surface area (Å²) in [5, 5.41) is 14.9. The minimum atomic E-state index is 0. The van der Waals surface area contributed by atoms with Crippen molar-refractivity contribution in [2.24, 2.45) is 14.1 Å². The van der Waals surface area contributed by atoms with Crippen molar-refractivity contribution in [2.75, 3.05) is 0 Å². The SMILES string of the molecule is C.Cn1nccn1.Cn1nccn1. The molecule has 2 rings (SSSR count). The molecule has 0 aromatic carbocycles. The van der Waals surface area contributed by atoms with E-state index in [1.165, 1.54) is 9.59 Å². The monoisotopic (exact) mass is 182 g/mol. The lowest BCUT2D eigenvalue weighted by Crippen LogP contribution is -1.89. The zero-order valence-corrected chi connectivity index (χ0v) is 6.99. The molecule has 0 fully saturated rings. The van der Waals surface area contributed by atoms with Gasteiger partial charge < -0.3 is 0 Å². The van der Waals surface area contributed by atoms with Gasteiger partial charge in [-0.15, -0.1) is 0 Å². The molecule has 0 aliphatic carbocycles. The summed E-state index contributed by atoms with van der Waals surface area (Å²) >= 11 is 0. The Hall–Kier alpha value is -1.72. The summed E-state index contributed by atoms with van der Waals surface area (Å²) < 4.78 is 0. The predicted octanol–water partition coefficient (Wildman–Crippen LogP) is 0.266. The van der Waals surface area contributed by atoms with Crippen molar-refractivity contribution in [1.82, 2.24) is 30.0 Å². The molecule has 6 heteroatoms. The van der Waals surface area contributed by atoms with E-state index < -0.39 is 0 Å². The molecule has 0 amide bonds. The van der Waals surface area contributed by atoms with Crippen LogP contribution in [0.4, 0.5) is 0 Å². The van der Waals surface area contributed by atoms with Crippen LogP contribution in [0.5, 0.6) is 0 Å². The van der Waals surface area contributed by atoms with E-state index in [-0.39, 0.29) is 7.43 Å². The average molecular weight is 182 g/mol. The summed E-state index contributed by atoms with van der Waals surface area (Å²) in [6.45, 7) is 0. The molecule has 13 heavy (non-hydrogen) atoms. The van der Waals surface area contributed by atoms with Crippen LogP contribution in [0.3, 0.4) is 0 Å². The fraction of sp³-hybridized carbons (Fsp3) is 0.429. The standard InChI is InChI=1S/2C3H5N3.CH4/c2*1-6-4-2-3-5-6;/h2*2-3H,1H3;1H4. The van der Waals surface area contributed by atoms with E-state index in [0.717, 1.165) is 0 Å². The van der Waals surface area contributed by atoms with E-state index in [4.69, 9.17) is 0 Å². The van der Waals surface area contributed by atoms with Gasteiger partial charge in [0.15, 0.2) is 0 Å². The fourth-order valence-corrected chi connectivity index (χ4v) is 0.565. The first-order chi connectivity index (χ1) is 5.79. The van der Waals surface area contributed by atoms with Crippen molar-refractivity contribution < 1.29 is 0 Å². The van der Waals surface area contributed by atoms with Crippen molar-refractivity contribution >= 4 is 0 Å². The normalized spacial score (nSPS) is 8.15. The molecule has 2 aromatic heterocycles. The van der Waals surface area contributed by atoms with Gasteiger partial charge in [0.2, 0.25) is 0 Å². The Morgan fingerprint density at radius 3 is 1.00 bits per heavy atom. The molecule has 0 aliphatic rings. The van der Waals surface area contributed by atoms with Crippen LogP contribution >= 0.6 is 0 Å². The van der Waals surface area contributed by atoms with Gasteiger partial charge in [-0.3, -0.25) is 0 Å². The van der Waals surface area contributed by atoms with Crippen LogP contribution in [0.25, 0.3) is 0 Å². The zero-order valence-electron chi connectivity index (χ0n) is 6.99. The number of hydrogen-bond donors (Lipinski definition) is 0. The second-order valence-electron chi connectivity index (χ2n) is 2.04. The molecule has 2 aromatic rings. The highest BCUT2D eigenvalue weighted by atomic mass is 15.4. The van der Waals surface area contributed by atoms with Crippen molar-refractivity contribution in [1.29, 1.82) is 0 Å². The highest BCUT2D eigenvalue weighted by Crippen LogP contribution is 1.64. The Labute approximate surface area is 77.2 Å². The summed E-state index contributed by atoms with van der Waals surface area (Å²) in [6.07, 6.45) is 6.56. The first-order valence-corrected chi connectivity index (χ1v) is 3.39. The Balaban J connectivity index is 0.000000206. The maximum Gasteiger partial charge on any atom is 0.0692 e. The minimum absolute atomic E-state index is 0. The molecule has 72 valence electrons. The largest absolute Gasteiger partial charge is 0.188 e. The third kappa shape index (κ3) is 4.67. The first-order valence-electron chi connectivity index (χ1n) is 3.39. The molecular weight excluding hydrogens is 168 g/mol. The smallest absolute Gasteiger partial charge is 0.0692 e. The molecule has 2 heterocycles. The van der Waals surface area contributed by atoms with Gasteiger partial charge in [-0.05, 0) is 0 Å². The van der Waals surface area contributed by atoms with Crippen LogP contribution in [0.2, 0.25) is 0 Å². The van der Waals surface area contributed by atoms with Gasteiger partial charge >= 0.3 is 0 Å². The summed E-state index contributed by atoms with van der Waals surface area (Å²) in [5.41, 5.74) is 0. The molecule has 0 atom stereocenters. The third-order valence-electron chi connectivity index (χ3n) is 1.07. The van der Waals surface area contributed by atoms with Gasteiger partial charge in [0, 0.05) is 14.1 Å². The van der Waals surface area contributed by atoms with Crippen LogP contribution in [0.1, 0.15) is 7.43 Å². The van der Waals surface area contributed by atoms with Crippen LogP contribution in [0, 0.1) is 0 Å². The van der Waals surface area contributed by atoms with Gasteiger partial charge in [-0.2, -0.15) is 30.0 Å². The van der Waals surface area contributed by atoms with Crippen LogP contribution in [0.15, 0.2) is 24.8 Å². The van der Waals surface area contributed by atoms with Crippen LogP contribution < -0.4 is 0 Å². The van der Waals surface area contributed by atoms with E-state index in [9.17, 15) is 0 Å². The van der Waals surface area contributed by atoms with Crippen molar-refractivity contribution in [2.45, 2.75) is 7.43 Å². The predicted molar refractivity (Wildman–Crippen MR) is 48.7 cm³/mol. The van der Waals surface area contributed by atoms with Crippen LogP contribution in [-0.4, -0.2) is 30.0 Å². The molecule has 0 radical (unpaired) electrons. The fourth-order valence-electron chi connectivity index (χ4n) is 0.565. The number of aryl methyl sites for hydroxylation is 2. The molecular formula is C7H14N6. The topological polar surface area (TPSA) is 61.4 Å². The highest BCUT2D eigenvalue weighted by molar-refractivity contribution is 4.57. The highest BCUT2D eigenvalue weighted by Gasteiger charge is 1.71. The molecule has 0 spiro atoms. The van der Waals surface area contributed by atoms with Gasteiger partial charge in [0.05, 0.1) is 24.8 Å². The number of nitrogens with zero attached hydrogens (tertiary/aromatic N) is 6. The van der Waals surface area contributed by atoms with Crippen molar-refractivity contribution in [3.63, 3.8) is 0 Å². The molecule has 0 bridgehead atoms. The summed E-state index contributed by atoms with van der Waals surface area (Å²) in [4.78, 5) is 3.00. The molecule has 0 saturated carbocycles. The molecule has 0 unspecified atom stereocenters. The van der Waals surface area contributed by atoms with Gasteiger partial charge in [0.1, 0.15) is 0 Å². The van der Waals surface area contributed by atoms with E-state index in [2.05, 4.69) is 20.4 Å². The van der Waals surface area contributed by atoms with Crippen molar-refractivity contribution in [3.8, 4) is 0 Å². The molecule has 0 N–H and O–H groups in total. The van der Waals surface area contributed by atoms with E-state index in [1.807, 2.05) is 0 Å². The van der Waals surface area contributed by atoms with Crippen molar-refractivity contribution in [3.05, 3.63) is 24.8 Å². The lowest BCUT2D eigenvalue weighted by molar-refractivity contribution is 0.654. The Morgan fingerprint density at radius 2 is 0.923 bits per heavy atom. The zero-order chi connectivity index (χ0) is 8.81. The number of aromatic nitrogens is 6. The van der Waals surface area contributed by atoms with Gasteiger partial charge in [-0.25, -0.2) is 0 Å². The Bertz CT molecular complexity index is 252. The minimum Gasteiger partial charge on any atom is -0.188 e. The second-order valence-corrected chi connectivity index (χ2v) is 2.04. The lowest BCUT2D eigenvalue weighted by Gasteiger charge is -1.75. The molecule has 0 aliphatic heterocycles.